The molecule has 2 nitrogen and oxygen atoms in total. The lowest BCUT2D eigenvalue weighted by molar-refractivity contribution is -0.107. The summed E-state index contributed by atoms with van der Waals surface area (Å²) in [4.78, 5) is 1.04. The van der Waals surface area contributed by atoms with Crippen LogP contribution >= 0.6 is 0 Å². The van der Waals surface area contributed by atoms with E-state index in [0.717, 1.165) is 22.2 Å². The molecule has 0 aliphatic heterocycles. The van der Waals surface area contributed by atoms with Gasteiger partial charge in [0.1, 0.15) is 5.70 Å². The van der Waals surface area contributed by atoms with Crippen LogP contribution in [0.1, 0.15) is 11.1 Å². The van der Waals surface area contributed by atoms with Crippen LogP contribution in [0.5, 0.6) is 0 Å². The second kappa shape index (κ2) is 5.33. The molecule has 0 unspecified atom stereocenters. The van der Waals surface area contributed by atoms with E-state index >= 15 is 0 Å². The number of allylic oxidation sites excluding steroid dienone is 1. The van der Waals surface area contributed by atoms with Gasteiger partial charge in [0.25, 0.3) is 0 Å². The van der Waals surface area contributed by atoms with Gasteiger partial charge in [-0.25, -0.2) is 0 Å². The van der Waals surface area contributed by atoms with Gasteiger partial charge in [0.05, 0.1) is 0 Å². The zero-order valence-corrected chi connectivity index (χ0v) is 10.9. The van der Waals surface area contributed by atoms with E-state index in [9.17, 15) is 13.2 Å². The van der Waals surface area contributed by atoms with Crippen LogP contribution in [0, 0.1) is 13.8 Å². The van der Waals surface area contributed by atoms with Crippen LogP contribution in [0.25, 0.3) is 0 Å². The summed E-state index contributed by atoms with van der Waals surface area (Å²) in [7, 11) is 2.73. The van der Waals surface area contributed by atoms with Crippen molar-refractivity contribution in [1.29, 1.82) is 0 Å². The number of rotatable bonds is 3. The van der Waals surface area contributed by atoms with E-state index in [1.165, 1.54) is 14.1 Å². The topological polar surface area (TPSA) is 15.3 Å². The fraction of sp³-hybridized carbons (Fsp3) is 0.385. The maximum absolute atomic E-state index is 12.7. The summed E-state index contributed by atoms with van der Waals surface area (Å²) in [5.41, 5.74) is 1.86. The fourth-order valence-electron chi connectivity index (χ4n) is 1.50. The molecule has 100 valence electrons. The molecule has 0 aromatic heterocycles. The average molecular weight is 258 g/mol. The number of hydrogen-bond donors (Lipinski definition) is 1. The third-order valence-electron chi connectivity index (χ3n) is 2.53. The number of nitrogens with one attached hydrogen (secondary N) is 1. The Balaban J connectivity index is 2.99. The van der Waals surface area contributed by atoms with Crippen LogP contribution in [0.3, 0.4) is 0 Å². The van der Waals surface area contributed by atoms with Crippen LogP contribution in [0.2, 0.25) is 0 Å². The molecule has 1 aromatic carbocycles. The van der Waals surface area contributed by atoms with Crippen molar-refractivity contribution in [2.75, 3.05) is 19.4 Å². The minimum Gasteiger partial charge on any atom is -0.372 e. The lowest BCUT2D eigenvalue weighted by Gasteiger charge is -2.20. The molecule has 0 heterocycles. The van der Waals surface area contributed by atoms with Gasteiger partial charge in [0.15, 0.2) is 0 Å². The number of aryl methyl sites for hydroxylation is 2. The van der Waals surface area contributed by atoms with Gasteiger partial charge in [-0.3, -0.25) is 0 Å². The summed E-state index contributed by atoms with van der Waals surface area (Å²) >= 11 is 0. The first-order valence-corrected chi connectivity index (χ1v) is 5.50. The SMILES string of the molecule is Cc1ccc(C)c(N/C=C(\N(C)C)C(F)(F)F)c1. The number of benzene rings is 1. The Morgan fingerprint density at radius 2 is 1.83 bits per heavy atom. The first kappa shape index (κ1) is 14.4. The average Bonchev–Trinajstić information content (AvgIpc) is 2.20. The number of hydrogen-bond acceptors (Lipinski definition) is 2. The predicted octanol–water partition coefficient (Wildman–Crippen LogP) is 3.68. The van der Waals surface area contributed by atoms with Crippen LogP contribution in [-0.4, -0.2) is 25.2 Å². The molecular formula is C13H17F3N2. The smallest absolute Gasteiger partial charge is 0.372 e. The lowest BCUT2D eigenvalue weighted by Crippen LogP contribution is -2.26. The van der Waals surface area contributed by atoms with Crippen LogP contribution in [0.4, 0.5) is 18.9 Å². The van der Waals surface area contributed by atoms with E-state index in [1.54, 1.807) is 0 Å². The Hall–Kier alpha value is -1.65. The summed E-state index contributed by atoms with van der Waals surface area (Å²) < 4.78 is 38.1. The normalized spacial score (nSPS) is 12.5. The molecule has 1 rings (SSSR count). The van der Waals surface area contributed by atoms with E-state index in [1.807, 2.05) is 32.0 Å². The summed E-state index contributed by atoms with van der Waals surface area (Å²) in [6.45, 7) is 3.74. The molecule has 0 aliphatic carbocycles. The lowest BCUT2D eigenvalue weighted by atomic mass is 10.1. The van der Waals surface area contributed by atoms with Gasteiger partial charge in [-0.05, 0) is 31.0 Å². The highest BCUT2D eigenvalue weighted by Crippen LogP contribution is 2.27. The number of nitrogens with zero attached hydrogens (tertiary/aromatic N) is 1. The monoisotopic (exact) mass is 258 g/mol. The Bertz CT molecular complexity index is 448. The van der Waals surface area contributed by atoms with Gasteiger partial charge < -0.3 is 10.2 Å². The molecule has 1 aromatic rings. The molecule has 0 aliphatic rings. The summed E-state index contributed by atoms with van der Waals surface area (Å²) in [6.07, 6.45) is -3.38. The minimum atomic E-state index is -4.37. The highest BCUT2D eigenvalue weighted by molar-refractivity contribution is 5.54. The van der Waals surface area contributed by atoms with Crippen molar-refractivity contribution in [3.05, 3.63) is 41.2 Å². The molecule has 18 heavy (non-hydrogen) atoms. The number of halogens is 3. The summed E-state index contributed by atoms with van der Waals surface area (Å²) in [5, 5.41) is 2.72. The molecule has 0 saturated carbocycles. The fourth-order valence-corrected chi connectivity index (χ4v) is 1.50. The Kier molecular flexibility index (Phi) is 4.27. The largest absolute Gasteiger partial charge is 0.432 e. The minimum absolute atomic E-state index is 0.679. The Labute approximate surface area is 105 Å². The molecule has 0 atom stereocenters. The predicted molar refractivity (Wildman–Crippen MR) is 67.4 cm³/mol. The van der Waals surface area contributed by atoms with Crippen molar-refractivity contribution in [2.24, 2.45) is 0 Å². The van der Waals surface area contributed by atoms with E-state index in [2.05, 4.69) is 5.32 Å². The van der Waals surface area contributed by atoms with E-state index in [0.29, 0.717) is 5.69 Å². The van der Waals surface area contributed by atoms with Crippen LogP contribution in [-0.2, 0) is 0 Å². The van der Waals surface area contributed by atoms with Crippen molar-refractivity contribution in [2.45, 2.75) is 20.0 Å². The summed E-state index contributed by atoms with van der Waals surface area (Å²) in [6, 6.07) is 5.60. The molecule has 5 heteroatoms. The quantitative estimate of drug-likeness (QED) is 0.889. The molecule has 0 saturated heterocycles. The van der Waals surface area contributed by atoms with Gasteiger partial charge >= 0.3 is 6.18 Å². The molecule has 0 radical (unpaired) electrons. The van der Waals surface area contributed by atoms with Crippen molar-refractivity contribution < 1.29 is 13.2 Å². The van der Waals surface area contributed by atoms with Crippen molar-refractivity contribution >= 4 is 5.69 Å². The van der Waals surface area contributed by atoms with Gasteiger partial charge in [-0.2, -0.15) is 13.2 Å². The number of anilines is 1. The first-order valence-electron chi connectivity index (χ1n) is 5.50. The molecule has 0 bridgehead atoms. The van der Waals surface area contributed by atoms with Gasteiger partial charge in [-0.1, -0.05) is 12.1 Å². The Morgan fingerprint density at radius 3 is 2.33 bits per heavy atom. The van der Waals surface area contributed by atoms with E-state index < -0.39 is 11.9 Å². The van der Waals surface area contributed by atoms with Gasteiger partial charge in [-0.15, -0.1) is 0 Å². The maximum Gasteiger partial charge on any atom is 0.432 e. The van der Waals surface area contributed by atoms with Gasteiger partial charge in [0.2, 0.25) is 0 Å². The van der Waals surface area contributed by atoms with Crippen molar-refractivity contribution in [1.82, 2.24) is 4.90 Å². The highest BCUT2D eigenvalue weighted by Gasteiger charge is 2.35. The molecule has 0 amide bonds. The van der Waals surface area contributed by atoms with E-state index in [4.69, 9.17) is 0 Å². The molecule has 1 N–H and O–H groups in total. The van der Waals surface area contributed by atoms with Gasteiger partial charge in [0, 0.05) is 26.0 Å². The zero-order chi connectivity index (χ0) is 13.9. The van der Waals surface area contributed by atoms with Crippen molar-refractivity contribution in [3.8, 4) is 0 Å². The highest BCUT2D eigenvalue weighted by atomic mass is 19.4. The third kappa shape index (κ3) is 3.68. The van der Waals surface area contributed by atoms with Crippen LogP contribution in [0.15, 0.2) is 30.1 Å². The third-order valence-corrected chi connectivity index (χ3v) is 2.53. The second-order valence-corrected chi connectivity index (χ2v) is 4.38. The Morgan fingerprint density at radius 1 is 1.22 bits per heavy atom. The van der Waals surface area contributed by atoms with E-state index in [-0.39, 0.29) is 0 Å². The molecule has 0 spiro atoms. The number of alkyl halides is 3. The second-order valence-electron chi connectivity index (χ2n) is 4.38. The summed E-state index contributed by atoms with van der Waals surface area (Å²) in [5.74, 6) is 0. The maximum atomic E-state index is 12.7. The van der Waals surface area contributed by atoms with Crippen molar-refractivity contribution in [3.63, 3.8) is 0 Å². The first-order chi connectivity index (χ1) is 8.21. The standard InChI is InChI=1S/C13H17F3N2/c1-9-5-6-10(2)11(7-9)17-8-12(18(3)4)13(14,15)16/h5-8,17H,1-4H3/b12-8-. The molecule has 0 fully saturated rings. The van der Waals surface area contributed by atoms with Crippen LogP contribution < -0.4 is 5.32 Å². The zero-order valence-electron chi connectivity index (χ0n) is 10.9. The molecular weight excluding hydrogens is 241 g/mol.